The minimum absolute atomic E-state index is 0.116. The molecule has 1 fully saturated rings. The molecule has 0 aromatic heterocycles. The third-order valence-electron chi connectivity index (χ3n) is 4.11. The molecule has 1 heteroatoms. The number of rotatable bonds is 4. The molecule has 1 saturated carbocycles. The van der Waals surface area contributed by atoms with Crippen LogP contribution >= 0.6 is 0 Å². The molecule has 1 rings (SSSR count). The Labute approximate surface area is 95.3 Å². The Morgan fingerprint density at radius 3 is 2.40 bits per heavy atom. The molecule has 0 aromatic carbocycles. The van der Waals surface area contributed by atoms with Gasteiger partial charge in [-0.2, -0.15) is 0 Å². The zero-order valence-corrected chi connectivity index (χ0v) is 10.9. The van der Waals surface area contributed by atoms with Gasteiger partial charge in [-0.3, -0.25) is 0 Å². The van der Waals surface area contributed by atoms with E-state index in [1.807, 2.05) is 6.92 Å². The maximum absolute atomic E-state index is 9.37. The van der Waals surface area contributed by atoms with Crippen LogP contribution in [-0.4, -0.2) is 11.2 Å². The largest absolute Gasteiger partial charge is 0.393 e. The molecule has 1 nitrogen and oxygen atoms in total. The van der Waals surface area contributed by atoms with Gasteiger partial charge in [-0.15, -0.1) is 0 Å². The van der Waals surface area contributed by atoms with Crippen LogP contribution in [0.2, 0.25) is 0 Å². The maximum Gasteiger partial charge on any atom is 0.0512 e. The molecule has 1 aliphatic carbocycles. The van der Waals surface area contributed by atoms with E-state index in [1.54, 1.807) is 0 Å². The molecule has 15 heavy (non-hydrogen) atoms. The fourth-order valence-corrected chi connectivity index (χ4v) is 3.19. The lowest BCUT2D eigenvalue weighted by molar-refractivity contribution is 0.109. The minimum atomic E-state index is -0.116. The molecule has 4 atom stereocenters. The van der Waals surface area contributed by atoms with E-state index < -0.39 is 0 Å². The lowest BCUT2D eigenvalue weighted by Gasteiger charge is -2.37. The van der Waals surface area contributed by atoms with E-state index in [9.17, 15) is 5.11 Å². The predicted molar refractivity (Wildman–Crippen MR) is 65.7 cm³/mol. The molecule has 0 radical (unpaired) electrons. The summed E-state index contributed by atoms with van der Waals surface area (Å²) in [7, 11) is 0. The van der Waals surface area contributed by atoms with Crippen LogP contribution in [0.3, 0.4) is 0 Å². The Hall–Kier alpha value is -0.0400. The molecule has 0 bridgehead atoms. The second-order valence-corrected chi connectivity index (χ2v) is 6.01. The van der Waals surface area contributed by atoms with Gasteiger partial charge in [-0.1, -0.05) is 27.2 Å². The van der Waals surface area contributed by atoms with Crippen molar-refractivity contribution in [2.75, 3.05) is 0 Å². The highest BCUT2D eigenvalue weighted by Gasteiger charge is 2.30. The highest BCUT2D eigenvalue weighted by molar-refractivity contribution is 4.80. The van der Waals surface area contributed by atoms with Crippen LogP contribution in [-0.2, 0) is 0 Å². The molecule has 0 saturated heterocycles. The second kappa shape index (κ2) is 5.89. The van der Waals surface area contributed by atoms with Crippen molar-refractivity contribution < 1.29 is 5.11 Å². The Morgan fingerprint density at radius 1 is 1.20 bits per heavy atom. The summed E-state index contributed by atoms with van der Waals surface area (Å²) in [5.74, 6) is 3.48. The Morgan fingerprint density at radius 2 is 1.87 bits per heavy atom. The van der Waals surface area contributed by atoms with Gasteiger partial charge in [0.15, 0.2) is 0 Å². The SMILES string of the molecule is CC(O)CCC1CC(C)CCC1C(C)C. The molecule has 90 valence electrons. The molecule has 0 aliphatic heterocycles. The summed E-state index contributed by atoms with van der Waals surface area (Å²) in [5, 5.41) is 9.37. The molecule has 1 N–H and O–H groups in total. The first-order valence-corrected chi connectivity index (χ1v) is 6.68. The van der Waals surface area contributed by atoms with Gasteiger partial charge in [0.25, 0.3) is 0 Å². The Kier molecular flexibility index (Phi) is 5.11. The molecule has 1 aliphatic rings. The lowest BCUT2D eigenvalue weighted by atomic mass is 9.68. The van der Waals surface area contributed by atoms with E-state index in [0.29, 0.717) is 0 Å². The van der Waals surface area contributed by atoms with E-state index >= 15 is 0 Å². The second-order valence-electron chi connectivity index (χ2n) is 6.01. The van der Waals surface area contributed by atoms with Crippen molar-refractivity contribution in [3.63, 3.8) is 0 Å². The Bertz CT molecular complexity index is 174. The van der Waals surface area contributed by atoms with Crippen molar-refractivity contribution in [2.45, 2.75) is 65.9 Å². The highest BCUT2D eigenvalue weighted by atomic mass is 16.3. The predicted octanol–water partition coefficient (Wildman–Crippen LogP) is 3.86. The number of aliphatic hydroxyl groups excluding tert-OH is 1. The monoisotopic (exact) mass is 212 g/mol. The number of hydrogen-bond donors (Lipinski definition) is 1. The summed E-state index contributed by atoms with van der Waals surface area (Å²) in [4.78, 5) is 0. The van der Waals surface area contributed by atoms with Gasteiger partial charge < -0.3 is 5.11 Å². The molecular formula is C14H28O. The van der Waals surface area contributed by atoms with Crippen LogP contribution < -0.4 is 0 Å². The van der Waals surface area contributed by atoms with Gasteiger partial charge in [0.05, 0.1) is 6.10 Å². The first-order valence-electron chi connectivity index (χ1n) is 6.68. The van der Waals surface area contributed by atoms with Crippen LogP contribution in [0.15, 0.2) is 0 Å². The van der Waals surface area contributed by atoms with Gasteiger partial charge in [0.1, 0.15) is 0 Å². The van der Waals surface area contributed by atoms with E-state index in [1.165, 1.54) is 25.7 Å². The van der Waals surface area contributed by atoms with Gasteiger partial charge in [0, 0.05) is 0 Å². The van der Waals surface area contributed by atoms with Crippen LogP contribution in [0.1, 0.15) is 59.8 Å². The fourth-order valence-electron chi connectivity index (χ4n) is 3.19. The lowest BCUT2D eigenvalue weighted by Crippen LogP contribution is -2.28. The summed E-state index contributed by atoms with van der Waals surface area (Å²) in [5.41, 5.74) is 0. The Balaban J connectivity index is 2.46. The topological polar surface area (TPSA) is 20.2 Å². The quantitative estimate of drug-likeness (QED) is 0.750. The minimum Gasteiger partial charge on any atom is -0.393 e. The molecular weight excluding hydrogens is 184 g/mol. The number of aliphatic hydroxyl groups is 1. The average Bonchev–Trinajstić information content (AvgIpc) is 2.14. The zero-order valence-electron chi connectivity index (χ0n) is 10.9. The van der Waals surface area contributed by atoms with Crippen molar-refractivity contribution in [2.24, 2.45) is 23.7 Å². The van der Waals surface area contributed by atoms with Gasteiger partial charge in [0.2, 0.25) is 0 Å². The first kappa shape index (κ1) is 13.0. The van der Waals surface area contributed by atoms with E-state index in [2.05, 4.69) is 20.8 Å². The fraction of sp³-hybridized carbons (Fsp3) is 1.00. The molecule has 0 spiro atoms. The van der Waals surface area contributed by atoms with Gasteiger partial charge >= 0.3 is 0 Å². The molecule has 0 aromatic rings. The summed E-state index contributed by atoms with van der Waals surface area (Å²) in [6, 6.07) is 0. The molecule has 0 amide bonds. The first-order chi connectivity index (χ1) is 7.00. The third-order valence-corrected chi connectivity index (χ3v) is 4.11. The summed E-state index contributed by atoms with van der Waals surface area (Å²) >= 11 is 0. The van der Waals surface area contributed by atoms with Crippen molar-refractivity contribution in [3.8, 4) is 0 Å². The van der Waals surface area contributed by atoms with Crippen molar-refractivity contribution in [1.29, 1.82) is 0 Å². The smallest absolute Gasteiger partial charge is 0.0512 e. The molecule has 4 unspecified atom stereocenters. The van der Waals surface area contributed by atoms with Gasteiger partial charge in [-0.05, 0) is 56.3 Å². The van der Waals surface area contributed by atoms with Crippen molar-refractivity contribution >= 4 is 0 Å². The van der Waals surface area contributed by atoms with E-state index in [0.717, 1.165) is 30.1 Å². The van der Waals surface area contributed by atoms with Crippen LogP contribution in [0.25, 0.3) is 0 Å². The van der Waals surface area contributed by atoms with E-state index in [4.69, 9.17) is 0 Å². The zero-order chi connectivity index (χ0) is 11.4. The highest BCUT2D eigenvalue weighted by Crippen LogP contribution is 2.40. The van der Waals surface area contributed by atoms with E-state index in [-0.39, 0.29) is 6.10 Å². The summed E-state index contributed by atoms with van der Waals surface area (Å²) in [6.45, 7) is 9.01. The molecule has 0 heterocycles. The van der Waals surface area contributed by atoms with Crippen LogP contribution in [0.4, 0.5) is 0 Å². The maximum atomic E-state index is 9.37. The van der Waals surface area contributed by atoms with Crippen LogP contribution in [0, 0.1) is 23.7 Å². The average molecular weight is 212 g/mol. The van der Waals surface area contributed by atoms with Crippen molar-refractivity contribution in [3.05, 3.63) is 0 Å². The normalized spacial score (nSPS) is 34.4. The number of hydrogen-bond acceptors (Lipinski definition) is 1. The summed E-state index contributed by atoms with van der Waals surface area (Å²) < 4.78 is 0. The summed E-state index contributed by atoms with van der Waals surface area (Å²) in [6.07, 6.45) is 6.30. The standard InChI is InChI=1S/C14H28O/c1-10(2)14-8-5-11(3)9-13(14)7-6-12(4)15/h10-15H,5-9H2,1-4H3. The van der Waals surface area contributed by atoms with Crippen molar-refractivity contribution in [1.82, 2.24) is 0 Å². The van der Waals surface area contributed by atoms with Crippen LogP contribution in [0.5, 0.6) is 0 Å². The third kappa shape index (κ3) is 4.14. The van der Waals surface area contributed by atoms with Gasteiger partial charge in [-0.25, -0.2) is 0 Å².